The van der Waals surface area contributed by atoms with Crippen molar-refractivity contribution in [3.05, 3.63) is 134 Å². The third-order valence-corrected chi connectivity index (χ3v) is 7.59. The Balaban J connectivity index is 1.21. The summed E-state index contributed by atoms with van der Waals surface area (Å²) in [6.45, 7) is 0. The molecule has 2 amide bonds. The van der Waals surface area contributed by atoms with Crippen molar-refractivity contribution in [2.75, 3.05) is 5.32 Å². The van der Waals surface area contributed by atoms with Gasteiger partial charge in [-0.05, 0) is 54.6 Å². The molecular formula is C30H19ClN4O6S. The molecule has 0 bridgehead atoms. The van der Waals surface area contributed by atoms with E-state index in [1.165, 1.54) is 36.5 Å². The number of hydrogen-bond donors (Lipinski definition) is 2. The fraction of sp³-hybridized carbons (Fsp3) is 0. The average molecular weight is 599 g/mol. The van der Waals surface area contributed by atoms with Gasteiger partial charge in [0.05, 0.1) is 21.7 Å². The zero-order chi connectivity index (χ0) is 29.6. The van der Waals surface area contributed by atoms with Gasteiger partial charge in [-0.25, -0.2) is 10.2 Å². The van der Waals surface area contributed by atoms with E-state index in [0.29, 0.717) is 26.9 Å². The molecule has 12 heteroatoms. The number of rotatable bonds is 8. The smallest absolute Gasteiger partial charge is 0.343 e. The van der Waals surface area contributed by atoms with Crippen LogP contribution in [0.4, 0.5) is 11.4 Å². The van der Waals surface area contributed by atoms with Crippen LogP contribution in [0.25, 0.3) is 10.1 Å². The number of ether oxygens (including phenoxy) is 1. The molecule has 5 aromatic rings. The average Bonchev–Trinajstić information content (AvgIpc) is 3.34. The fourth-order valence-corrected chi connectivity index (χ4v) is 5.29. The molecule has 0 atom stereocenters. The largest absolute Gasteiger partial charge is 0.422 e. The molecule has 0 spiro atoms. The van der Waals surface area contributed by atoms with Crippen LogP contribution in [0.5, 0.6) is 5.75 Å². The van der Waals surface area contributed by atoms with Gasteiger partial charge in [0, 0.05) is 39.0 Å². The standard InChI is InChI=1S/C30H19ClN4O6S/c31-26-23-15-14-22(35(39)40)16-25(23)42-27(26)29(37)33-21-12-10-18(11-13-21)28(36)34-32-17-20-8-4-5-9-24(20)41-30(38)19-6-2-1-3-7-19/h1-17H,(H,33,37)(H,34,36)/b32-17-. The maximum absolute atomic E-state index is 12.8. The number of thiophene rings is 1. The molecule has 4 aromatic carbocycles. The summed E-state index contributed by atoms with van der Waals surface area (Å²) < 4.78 is 6.00. The van der Waals surface area contributed by atoms with Crippen molar-refractivity contribution < 1.29 is 24.0 Å². The highest BCUT2D eigenvalue weighted by molar-refractivity contribution is 7.21. The Morgan fingerprint density at radius 3 is 2.33 bits per heavy atom. The quantitative estimate of drug-likeness (QED) is 0.0669. The van der Waals surface area contributed by atoms with Gasteiger partial charge in [-0.2, -0.15) is 5.10 Å². The van der Waals surface area contributed by atoms with Gasteiger partial charge in [-0.3, -0.25) is 19.7 Å². The first-order valence-electron chi connectivity index (χ1n) is 12.3. The summed E-state index contributed by atoms with van der Waals surface area (Å²) in [7, 11) is 0. The molecule has 0 unspecified atom stereocenters. The minimum absolute atomic E-state index is 0.0960. The molecule has 0 fully saturated rings. The van der Waals surface area contributed by atoms with Gasteiger partial charge in [0.25, 0.3) is 17.5 Å². The number of carbonyl (C=O) groups is 3. The van der Waals surface area contributed by atoms with Crippen molar-refractivity contribution in [2.24, 2.45) is 5.10 Å². The lowest BCUT2D eigenvalue weighted by molar-refractivity contribution is -0.384. The molecule has 5 rings (SSSR count). The SMILES string of the molecule is O=C(N/N=C\c1ccccc1OC(=O)c1ccccc1)c1ccc(NC(=O)c2sc3cc([N+](=O)[O-])ccc3c2Cl)cc1. The summed E-state index contributed by atoms with van der Waals surface area (Å²) in [5.41, 5.74) is 3.89. The highest BCUT2D eigenvalue weighted by Gasteiger charge is 2.19. The van der Waals surface area contributed by atoms with E-state index < -0.39 is 22.7 Å². The lowest BCUT2D eigenvalue weighted by Crippen LogP contribution is -2.18. The number of esters is 1. The van der Waals surface area contributed by atoms with E-state index in [2.05, 4.69) is 15.8 Å². The second-order valence-electron chi connectivity index (χ2n) is 8.71. The number of non-ortho nitro benzene ring substituents is 1. The van der Waals surface area contributed by atoms with Gasteiger partial charge in [-0.1, -0.05) is 41.9 Å². The van der Waals surface area contributed by atoms with Crippen LogP contribution in [0.2, 0.25) is 5.02 Å². The molecule has 42 heavy (non-hydrogen) atoms. The second-order valence-corrected chi connectivity index (χ2v) is 10.1. The Morgan fingerprint density at radius 2 is 1.60 bits per heavy atom. The van der Waals surface area contributed by atoms with Crippen molar-refractivity contribution in [1.82, 2.24) is 5.43 Å². The van der Waals surface area contributed by atoms with Crippen molar-refractivity contribution in [3.63, 3.8) is 0 Å². The summed E-state index contributed by atoms with van der Waals surface area (Å²) in [4.78, 5) is 48.6. The molecule has 0 aliphatic rings. The number of nitro groups is 1. The molecule has 1 aromatic heterocycles. The molecule has 208 valence electrons. The van der Waals surface area contributed by atoms with Crippen LogP contribution < -0.4 is 15.5 Å². The third kappa shape index (κ3) is 6.33. The van der Waals surface area contributed by atoms with Gasteiger partial charge >= 0.3 is 5.97 Å². The summed E-state index contributed by atoms with van der Waals surface area (Å²) in [5, 5.41) is 18.5. The molecule has 0 radical (unpaired) electrons. The monoisotopic (exact) mass is 598 g/mol. The summed E-state index contributed by atoms with van der Waals surface area (Å²) >= 11 is 7.41. The number of para-hydroxylation sites is 1. The van der Waals surface area contributed by atoms with Crippen molar-refractivity contribution in [2.45, 2.75) is 0 Å². The van der Waals surface area contributed by atoms with Gasteiger partial charge in [0.2, 0.25) is 0 Å². The summed E-state index contributed by atoms with van der Waals surface area (Å²) in [6.07, 6.45) is 1.36. The van der Waals surface area contributed by atoms with Crippen LogP contribution in [-0.2, 0) is 0 Å². The predicted molar refractivity (Wildman–Crippen MR) is 161 cm³/mol. The number of nitrogens with one attached hydrogen (secondary N) is 2. The minimum Gasteiger partial charge on any atom is -0.422 e. The van der Waals surface area contributed by atoms with E-state index in [1.807, 2.05) is 0 Å². The predicted octanol–water partition coefficient (Wildman–Crippen LogP) is 6.70. The van der Waals surface area contributed by atoms with Gasteiger partial charge < -0.3 is 10.1 Å². The Morgan fingerprint density at radius 1 is 0.881 bits per heavy atom. The number of nitro benzene ring substituents is 1. The zero-order valence-electron chi connectivity index (χ0n) is 21.4. The van der Waals surface area contributed by atoms with Crippen LogP contribution in [0.3, 0.4) is 0 Å². The van der Waals surface area contributed by atoms with E-state index >= 15 is 0 Å². The first-order valence-corrected chi connectivity index (χ1v) is 13.5. The number of anilines is 1. The number of benzene rings is 4. The zero-order valence-corrected chi connectivity index (χ0v) is 23.0. The van der Waals surface area contributed by atoms with E-state index in [-0.39, 0.29) is 26.9 Å². The number of hydrogen-bond acceptors (Lipinski definition) is 8. The first kappa shape index (κ1) is 28.1. The second kappa shape index (κ2) is 12.4. The van der Waals surface area contributed by atoms with E-state index in [0.717, 1.165) is 11.3 Å². The van der Waals surface area contributed by atoms with Gasteiger partial charge in [0.1, 0.15) is 10.6 Å². The highest BCUT2D eigenvalue weighted by Crippen LogP contribution is 2.37. The van der Waals surface area contributed by atoms with E-state index in [4.69, 9.17) is 16.3 Å². The first-order chi connectivity index (χ1) is 20.3. The van der Waals surface area contributed by atoms with Crippen LogP contribution in [0.1, 0.15) is 36.0 Å². The lowest BCUT2D eigenvalue weighted by atomic mass is 10.2. The summed E-state index contributed by atoms with van der Waals surface area (Å²) in [6, 6.07) is 25.6. The van der Waals surface area contributed by atoms with Crippen molar-refractivity contribution in [3.8, 4) is 5.75 Å². The minimum atomic E-state index is -0.522. The molecule has 2 N–H and O–H groups in total. The van der Waals surface area contributed by atoms with Crippen LogP contribution in [0.15, 0.2) is 102 Å². The molecule has 1 heterocycles. The lowest BCUT2D eigenvalue weighted by Gasteiger charge is -2.07. The van der Waals surface area contributed by atoms with Crippen LogP contribution >= 0.6 is 22.9 Å². The summed E-state index contributed by atoms with van der Waals surface area (Å²) in [5.74, 6) is -1.23. The molecule has 0 saturated carbocycles. The fourth-order valence-electron chi connectivity index (χ4n) is 3.84. The highest BCUT2D eigenvalue weighted by atomic mass is 35.5. The van der Waals surface area contributed by atoms with Gasteiger partial charge in [0.15, 0.2) is 0 Å². The van der Waals surface area contributed by atoms with E-state index in [1.54, 1.807) is 66.7 Å². The number of fused-ring (bicyclic) bond motifs is 1. The van der Waals surface area contributed by atoms with Gasteiger partial charge in [-0.15, -0.1) is 11.3 Å². The topological polar surface area (TPSA) is 140 Å². The third-order valence-electron chi connectivity index (χ3n) is 5.94. The van der Waals surface area contributed by atoms with Crippen LogP contribution in [0, 0.1) is 10.1 Å². The van der Waals surface area contributed by atoms with E-state index in [9.17, 15) is 24.5 Å². The molecule has 0 aliphatic heterocycles. The number of nitrogens with zero attached hydrogens (tertiary/aromatic N) is 2. The Labute approximate surface area is 247 Å². The maximum Gasteiger partial charge on any atom is 0.343 e. The normalized spacial score (nSPS) is 10.9. The number of amides is 2. The Hall–Kier alpha value is -5.39. The Kier molecular flexibility index (Phi) is 8.32. The van der Waals surface area contributed by atoms with Crippen molar-refractivity contribution >= 4 is 68.4 Å². The van der Waals surface area contributed by atoms with Crippen molar-refractivity contribution in [1.29, 1.82) is 0 Å². The molecular weight excluding hydrogens is 580 g/mol. The Bertz CT molecular complexity index is 1860. The number of halogens is 1. The molecule has 10 nitrogen and oxygen atoms in total. The maximum atomic E-state index is 12.8. The molecule has 0 aliphatic carbocycles. The van der Waals surface area contributed by atoms with Crippen LogP contribution in [-0.4, -0.2) is 28.9 Å². The number of carbonyl (C=O) groups excluding carboxylic acids is 3. The number of hydrazone groups is 1. The molecule has 0 saturated heterocycles.